The van der Waals surface area contributed by atoms with E-state index in [1.54, 1.807) is 35.1 Å². The van der Waals surface area contributed by atoms with Crippen LogP contribution in [-0.4, -0.2) is 39.2 Å². The second-order valence-electron chi connectivity index (χ2n) is 6.89. The van der Waals surface area contributed by atoms with Gasteiger partial charge in [0, 0.05) is 17.4 Å². The summed E-state index contributed by atoms with van der Waals surface area (Å²) in [5.74, 6) is -2.12. The molecule has 0 fully saturated rings. The summed E-state index contributed by atoms with van der Waals surface area (Å²) in [6.45, 7) is -0.499. The highest BCUT2D eigenvalue weighted by atomic mass is 35.5. The fourth-order valence-corrected chi connectivity index (χ4v) is 4.11. The molecule has 0 aliphatic heterocycles. The zero-order valence-electron chi connectivity index (χ0n) is 17.0. The Morgan fingerprint density at radius 3 is 2.48 bits per heavy atom. The van der Waals surface area contributed by atoms with Gasteiger partial charge >= 0.3 is 5.97 Å². The molecule has 166 valence electrons. The number of para-hydroxylation sites is 1. The van der Waals surface area contributed by atoms with Gasteiger partial charge in [-0.05, 0) is 42.5 Å². The van der Waals surface area contributed by atoms with E-state index in [1.165, 1.54) is 23.5 Å². The summed E-state index contributed by atoms with van der Waals surface area (Å²) in [4.78, 5) is 36.7. The molecule has 0 atom stereocenters. The molecule has 2 aromatic carbocycles. The quantitative estimate of drug-likeness (QED) is 0.364. The van der Waals surface area contributed by atoms with Gasteiger partial charge in [0.15, 0.2) is 0 Å². The summed E-state index contributed by atoms with van der Waals surface area (Å²) in [6, 6.07) is 19.2. The monoisotopic (exact) mass is 480 g/mol. The van der Waals surface area contributed by atoms with Crippen molar-refractivity contribution in [3.63, 3.8) is 0 Å². The Bertz CT molecular complexity index is 1330. The van der Waals surface area contributed by atoms with E-state index in [9.17, 15) is 14.4 Å². The average molecular weight is 481 g/mol. The van der Waals surface area contributed by atoms with Crippen molar-refractivity contribution in [1.29, 1.82) is 0 Å². The molecule has 3 N–H and O–H groups in total. The van der Waals surface area contributed by atoms with E-state index in [2.05, 4.69) is 15.7 Å². The van der Waals surface area contributed by atoms with Crippen LogP contribution in [0.1, 0.15) is 20.7 Å². The predicted molar refractivity (Wildman–Crippen MR) is 126 cm³/mol. The molecule has 2 amide bonds. The minimum atomic E-state index is -1.15. The van der Waals surface area contributed by atoms with E-state index in [-0.39, 0.29) is 5.56 Å². The first-order valence-corrected chi connectivity index (χ1v) is 10.9. The average Bonchev–Trinajstić information content (AvgIpc) is 3.45. The molecule has 10 heteroatoms. The fraction of sp³-hybridized carbons (Fsp3) is 0.0435. The second kappa shape index (κ2) is 9.68. The minimum absolute atomic E-state index is 0.222. The molecular weight excluding hydrogens is 464 g/mol. The van der Waals surface area contributed by atoms with Gasteiger partial charge in [0.1, 0.15) is 12.2 Å². The van der Waals surface area contributed by atoms with Crippen LogP contribution in [0.5, 0.6) is 0 Å². The molecule has 33 heavy (non-hydrogen) atoms. The number of rotatable bonds is 7. The molecule has 2 aromatic heterocycles. The molecule has 2 heterocycles. The lowest BCUT2D eigenvalue weighted by molar-refractivity contribution is -0.135. The number of carboxylic acid groups (broad SMARTS) is 1. The van der Waals surface area contributed by atoms with Crippen molar-refractivity contribution in [2.24, 2.45) is 0 Å². The maximum Gasteiger partial charge on any atom is 0.322 e. The van der Waals surface area contributed by atoms with Gasteiger partial charge in [-0.1, -0.05) is 35.9 Å². The number of nitrogens with one attached hydrogen (secondary N) is 2. The SMILES string of the molecule is O=C(O)CNC(=O)c1cccc(NC(=O)c2cn(-c3ccccc3)nc2-c2ccc(Cl)s2)c1. The Labute approximate surface area is 197 Å². The molecule has 8 nitrogen and oxygen atoms in total. The first-order chi connectivity index (χ1) is 15.9. The lowest BCUT2D eigenvalue weighted by Gasteiger charge is -2.07. The number of carbonyl (C=O) groups excluding carboxylic acids is 2. The van der Waals surface area contributed by atoms with Gasteiger partial charge in [-0.15, -0.1) is 11.3 Å². The van der Waals surface area contributed by atoms with E-state index in [0.717, 1.165) is 10.6 Å². The topological polar surface area (TPSA) is 113 Å². The minimum Gasteiger partial charge on any atom is -0.480 e. The van der Waals surface area contributed by atoms with Crippen LogP contribution in [0.4, 0.5) is 5.69 Å². The van der Waals surface area contributed by atoms with E-state index >= 15 is 0 Å². The molecule has 0 radical (unpaired) electrons. The lowest BCUT2D eigenvalue weighted by atomic mass is 10.1. The van der Waals surface area contributed by atoms with Crippen LogP contribution in [0.2, 0.25) is 4.34 Å². The van der Waals surface area contributed by atoms with E-state index in [1.807, 2.05) is 30.3 Å². The molecule has 0 saturated heterocycles. The predicted octanol–water partition coefficient (Wildman–Crippen LogP) is 4.32. The summed E-state index contributed by atoms with van der Waals surface area (Å²) in [5.41, 5.74) is 2.20. The zero-order chi connectivity index (χ0) is 23.4. The Morgan fingerprint density at radius 1 is 1.00 bits per heavy atom. The smallest absolute Gasteiger partial charge is 0.322 e. The first kappa shape index (κ1) is 22.3. The van der Waals surface area contributed by atoms with Gasteiger partial charge in [0.05, 0.1) is 20.5 Å². The molecule has 0 aliphatic rings. The molecule has 0 saturated carbocycles. The van der Waals surface area contributed by atoms with Crippen molar-refractivity contribution in [2.75, 3.05) is 11.9 Å². The highest BCUT2D eigenvalue weighted by Crippen LogP contribution is 2.33. The van der Waals surface area contributed by atoms with Crippen LogP contribution < -0.4 is 10.6 Å². The third-order valence-corrected chi connectivity index (χ3v) is 5.81. The van der Waals surface area contributed by atoms with E-state index < -0.39 is 24.3 Å². The number of carbonyl (C=O) groups is 3. The highest BCUT2D eigenvalue weighted by Gasteiger charge is 2.20. The largest absolute Gasteiger partial charge is 0.480 e. The number of anilines is 1. The van der Waals surface area contributed by atoms with Crippen LogP contribution in [-0.2, 0) is 4.79 Å². The number of halogens is 1. The van der Waals surface area contributed by atoms with Crippen molar-refractivity contribution >= 4 is 46.4 Å². The molecule has 0 bridgehead atoms. The number of nitrogens with zero attached hydrogens (tertiary/aromatic N) is 2. The molecule has 0 unspecified atom stereocenters. The van der Waals surface area contributed by atoms with Crippen molar-refractivity contribution in [3.8, 4) is 16.3 Å². The number of carboxylic acids is 1. The van der Waals surface area contributed by atoms with Crippen LogP contribution >= 0.6 is 22.9 Å². The Balaban J connectivity index is 1.63. The second-order valence-corrected chi connectivity index (χ2v) is 8.60. The number of hydrogen-bond acceptors (Lipinski definition) is 5. The summed E-state index contributed by atoms with van der Waals surface area (Å²) >= 11 is 7.41. The van der Waals surface area contributed by atoms with Gasteiger partial charge in [0.2, 0.25) is 0 Å². The first-order valence-electron chi connectivity index (χ1n) is 9.73. The molecular formula is C23H17ClN4O4S. The molecule has 4 rings (SSSR count). The van der Waals surface area contributed by atoms with Gasteiger partial charge in [0.25, 0.3) is 11.8 Å². The third kappa shape index (κ3) is 5.28. The van der Waals surface area contributed by atoms with E-state index in [0.29, 0.717) is 21.3 Å². The van der Waals surface area contributed by atoms with Gasteiger partial charge in [-0.3, -0.25) is 14.4 Å². The van der Waals surface area contributed by atoms with Crippen LogP contribution in [0.15, 0.2) is 72.9 Å². The maximum absolute atomic E-state index is 13.2. The Kier molecular flexibility index (Phi) is 6.53. The summed E-state index contributed by atoms with van der Waals surface area (Å²) in [7, 11) is 0. The van der Waals surface area contributed by atoms with Crippen LogP contribution in [0.3, 0.4) is 0 Å². The van der Waals surface area contributed by atoms with E-state index in [4.69, 9.17) is 16.7 Å². The van der Waals surface area contributed by atoms with Crippen molar-refractivity contribution in [1.82, 2.24) is 15.1 Å². The summed E-state index contributed by atoms with van der Waals surface area (Å²) < 4.78 is 2.19. The lowest BCUT2D eigenvalue weighted by Crippen LogP contribution is -2.29. The Hall–Kier alpha value is -3.95. The van der Waals surface area contributed by atoms with Crippen LogP contribution in [0.25, 0.3) is 16.3 Å². The number of hydrogen-bond donors (Lipinski definition) is 3. The third-order valence-electron chi connectivity index (χ3n) is 4.57. The fourth-order valence-electron chi connectivity index (χ4n) is 3.07. The number of amides is 2. The molecule has 0 spiro atoms. The highest BCUT2D eigenvalue weighted by molar-refractivity contribution is 7.19. The van der Waals surface area contributed by atoms with Crippen molar-refractivity contribution in [3.05, 3.63) is 88.4 Å². The zero-order valence-corrected chi connectivity index (χ0v) is 18.6. The van der Waals surface area contributed by atoms with Gasteiger partial charge in [-0.25, -0.2) is 4.68 Å². The maximum atomic E-state index is 13.2. The van der Waals surface area contributed by atoms with Crippen LogP contribution in [0, 0.1) is 0 Å². The summed E-state index contributed by atoms with van der Waals surface area (Å²) in [6.07, 6.45) is 1.64. The number of aromatic nitrogens is 2. The van der Waals surface area contributed by atoms with Gasteiger partial charge in [-0.2, -0.15) is 5.10 Å². The number of benzene rings is 2. The summed E-state index contributed by atoms with van der Waals surface area (Å²) in [5, 5.41) is 18.4. The molecule has 4 aromatic rings. The standard InChI is InChI=1S/C23H17ClN4O4S/c24-19-10-9-18(33-19)21-17(13-28(27-21)16-7-2-1-3-8-16)23(32)26-15-6-4-5-14(11-15)22(31)25-12-20(29)30/h1-11,13H,12H2,(H,25,31)(H,26,32)(H,29,30). The normalized spacial score (nSPS) is 10.6. The Morgan fingerprint density at radius 2 is 1.79 bits per heavy atom. The number of aliphatic carboxylic acids is 1. The van der Waals surface area contributed by atoms with Gasteiger partial charge < -0.3 is 15.7 Å². The van der Waals surface area contributed by atoms with Crippen molar-refractivity contribution in [2.45, 2.75) is 0 Å². The molecule has 0 aliphatic carbocycles. The number of thiophene rings is 1. The van der Waals surface area contributed by atoms with Crippen molar-refractivity contribution < 1.29 is 19.5 Å².